The van der Waals surface area contributed by atoms with E-state index in [2.05, 4.69) is 10.2 Å². The fraction of sp³-hybridized carbons (Fsp3) is 0.211. The summed E-state index contributed by atoms with van der Waals surface area (Å²) in [5.41, 5.74) is 0.489. The van der Waals surface area contributed by atoms with Gasteiger partial charge in [-0.1, -0.05) is 36.0 Å². The molecule has 1 heterocycles. The van der Waals surface area contributed by atoms with Crippen LogP contribution in [0.3, 0.4) is 0 Å². The molecule has 0 bridgehead atoms. The second-order valence-corrected chi connectivity index (χ2v) is 6.44. The van der Waals surface area contributed by atoms with E-state index in [0.29, 0.717) is 11.3 Å². The molecule has 3 rings (SSSR count). The Balaban J connectivity index is 1.61. The van der Waals surface area contributed by atoms with Crippen LogP contribution < -0.4 is 9.47 Å². The molecule has 0 spiro atoms. The van der Waals surface area contributed by atoms with Crippen molar-refractivity contribution in [2.75, 3.05) is 12.9 Å². The maximum Gasteiger partial charge on any atom is 0.277 e. The van der Waals surface area contributed by atoms with E-state index in [1.54, 1.807) is 43.3 Å². The predicted octanol–water partition coefficient (Wildman–Crippen LogP) is 4.33. The van der Waals surface area contributed by atoms with Crippen molar-refractivity contribution in [3.05, 3.63) is 65.8 Å². The molecule has 2 aromatic carbocycles. The number of nitrogens with zero attached hydrogens (tertiary/aromatic N) is 2. The number of carbonyl (C=O) groups is 1. The number of ether oxygens (including phenoxy) is 2. The molecule has 27 heavy (non-hydrogen) atoms. The summed E-state index contributed by atoms with van der Waals surface area (Å²) in [7, 11) is 1.51. The van der Waals surface area contributed by atoms with Gasteiger partial charge in [0.25, 0.3) is 11.1 Å². The Kier molecular flexibility index (Phi) is 6.08. The number of ketones is 1. The second-order valence-electron chi connectivity index (χ2n) is 5.51. The number of rotatable bonds is 8. The van der Waals surface area contributed by atoms with Crippen molar-refractivity contribution in [3.8, 4) is 11.5 Å². The quantitative estimate of drug-likeness (QED) is 0.420. The fourth-order valence-corrected chi connectivity index (χ4v) is 2.96. The van der Waals surface area contributed by atoms with Crippen molar-refractivity contribution in [1.82, 2.24) is 10.2 Å². The first-order valence-electron chi connectivity index (χ1n) is 8.12. The number of hydrogen-bond acceptors (Lipinski definition) is 7. The minimum Gasteiger partial charge on any atom is -0.496 e. The molecule has 140 valence electrons. The van der Waals surface area contributed by atoms with E-state index in [4.69, 9.17) is 13.9 Å². The Bertz CT molecular complexity index is 931. The minimum atomic E-state index is -0.631. The molecule has 0 N–H and O–H groups in total. The van der Waals surface area contributed by atoms with E-state index in [1.807, 2.05) is 0 Å². The van der Waals surface area contributed by atoms with Gasteiger partial charge in [-0.3, -0.25) is 4.79 Å². The van der Waals surface area contributed by atoms with Gasteiger partial charge in [0.1, 0.15) is 5.75 Å². The first-order chi connectivity index (χ1) is 13.1. The van der Waals surface area contributed by atoms with Crippen molar-refractivity contribution in [2.45, 2.75) is 18.3 Å². The Morgan fingerprint density at radius 1 is 1.15 bits per heavy atom. The van der Waals surface area contributed by atoms with Crippen molar-refractivity contribution in [3.63, 3.8) is 0 Å². The highest BCUT2D eigenvalue weighted by atomic mass is 32.2. The summed E-state index contributed by atoms with van der Waals surface area (Å²) in [6.07, 6.45) is -0.631. The maximum atomic E-state index is 13.7. The first kappa shape index (κ1) is 18.9. The standard InChI is InChI=1S/C19H17FN2O4S/c1-12(25-17-10-6-4-8-14(17)20)18-21-22-19(26-18)27-11-15(23)13-7-3-5-9-16(13)24-2/h3-10,12H,11H2,1-2H3/t12-/m0/s1. The van der Waals surface area contributed by atoms with Gasteiger partial charge in [0, 0.05) is 0 Å². The molecular weight excluding hydrogens is 371 g/mol. The van der Waals surface area contributed by atoms with E-state index in [-0.39, 0.29) is 28.4 Å². The normalized spacial score (nSPS) is 11.8. The van der Waals surface area contributed by atoms with Crippen LogP contribution in [0, 0.1) is 5.82 Å². The van der Waals surface area contributed by atoms with E-state index in [1.165, 1.54) is 19.2 Å². The topological polar surface area (TPSA) is 74.5 Å². The summed E-state index contributed by atoms with van der Waals surface area (Å²) >= 11 is 1.12. The zero-order valence-corrected chi connectivity index (χ0v) is 15.5. The average Bonchev–Trinajstić information content (AvgIpc) is 3.17. The van der Waals surface area contributed by atoms with E-state index in [0.717, 1.165) is 11.8 Å². The van der Waals surface area contributed by atoms with Gasteiger partial charge >= 0.3 is 0 Å². The van der Waals surface area contributed by atoms with E-state index in [9.17, 15) is 9.18 Å². The highest BCUT2D eigenvalue weighted by Gasteiger charge is 2.19. The zero-order chi connectivity index (χ0) is 19.2. The number of hydrogen-bond donors (Lipinski definition) is 0. The summed E-state index contributed by atoms with van der Waals surface area (Å²) in [5, 5.41) is 8.04. The molecule has 0 fully saturated rings. The number of thioether (sulfide) groups is 1. The van der Waals surface area contributed by atoms with Gasteiger partial charge in [-0.05, 0) is 31.2 Å². The van der Waals surface area contributed by atoms with Crippen molar-refractivity contribution >= 4 is 17.5 Å². The number of Topliss-reactive ketones (excluding diaryl/α,β-unsaturated/α-hetero) is 1. The van der Waals surface area contributed by atoms with Crippen LogP contribution in [0.4, 0.5) is 4.39 Å². The largest absolute Gasteiger partial charge is 0.496 e. The van der Waals surface area contributed by atoms with Crippen LogP contribution in [-0.4, -0.2) is 28.8 Å². The van der Waals surface area contributed by atoms with Crippen LogP contribution in [0.25, 0.3) is 0 Å². The second kappa shape index (κ2) is 8.68. The zero-order valence-electron chi connectivity index (χ0n) is 14.7. The third-order valence-corrected chi connectivity index (χ3v) is 4.46. The van der Waals surface area contributed by atoms with Crippen LogP contribution in [0.2, 0.25) is 0 Å². The smallest absolute Gasteiger partial charge is 0.277 e. The average molecular weight is 388 g/mol. The van der Waals surface area contributed by atoms with Crippen molar-refractivity contribution in [1.29, 1.82) is 0 Å². The minimum absolute atomic E-state index is 0.101. The third-order valence-electron chi connectivity index (χ3n) is 3.64. The molecule has 0 radical (unpaired) electrons. The summed E-state index contributed by atoms with van der Waals surface area (Å²) < 4.78 is 29.9. The number of para-hydroxylation sites is 2. The molecule has 0 saturated heterocycles. The monoisotopic (exact) mass is 388 g/mol. The molecule has 0 unspecified atom stereocenters. The van der Waals surface area contributed by atoms with Crippen molar-refractivity contribution < 1.29 is 23.1 Å². The SMILES string of the molecule is COc1ccccc1C(=O)CSc1nnc([C@H](C)Oc2ccccc2F)o1. The molecule has 1 atom stereocenters. The van der Waals surface area contributed by atoms with Gasteiger partial charge in [0.2, 0.25) is 0 Å². The number of halogens is 1. The van der Waals surface area contributed by atoms with Gasteiger partial charge in [-0.15, -0.1) is 10.2 Å². The summed E-state index contributed by atoms with van der Waals surface area (Å²) in [5.74, 6) is 0.342. The van der Waals surface area contributed by atoms with Gasteiger partial charge < -0.3 is 13.9 Å². The highest BCUT2D eigenvalue weighted by Crippen LogP contribution is 2.26. The lowest BCUT2D eigenvalue weighted by Gasteiger charge is -2.11. The maximum absolute atomic E-state index is 13.7. The molecule has 0 aliphatic carbocycles. The Hall–Kier alpha value is -2.87. The Morgan fingerprint density at radius 3 is 2.59 bits per heavy atom. The number of benzene rings is 2. The molecule has 1 aromatic heterocycles. The molecule has 0 aliphatic rings. The van der Waals surface area contributed by atoms with Crippen LogP contribution in [0.1, 0.15) is 29.3 Å². The highest BCUT2D eigenvalue weighted by molar-refractivity contribution is 7.99. The molecule has 3 aromatic rings. The van der Waals surface area contributed by atoms with E-state index < -0.39 is 11.9 Å². The Morgan fingerprint density at radius 2 is 1.85 bits per heavy atom. The van der Waals surface area contributed by atoms with Crippen LogP contribution in [-0.2, 0) is 0 Å². The van der Waals surface area contributed by atoms with E-state index >= 15 is 0 Å². The van der Waals surface area contributed by atoms with Crippen molar-refractivity contribution in [2.24, 2.45) is 0 Å². The lowest BCUT2D eigenvalue weighted by atomic mass is 10.1. The van der Waals surface area contributed by atoms with Crippen LogP contribution in [0.5, 0.6) is 11.5 Å². The molecule has 0 amide bonds. The molecule has 8 heteroatoms. The van der Waals surface area contributed by atoms with Crippen LogP contribution in [0.15, 0.2) is 58.2 Å². The molecule has 0 aliphatic heterocycles. The summed E-state index contributed by atoms with van der Waals surface area (Å²) in [6, 6.07) is 13.1. The fourth-order valence-electron chi connectivity index (χ4n) is 2.30. The van der Waals surface area contributed by atoms with Gasteiger partial charge in [0.05, 0.1) is 18.4 Å². The molecule has 0 saturated carbocycles. The first-order valence-corrected chi connectivity index (χ1v) is 9.10. The number of carbonyl (C=O) groups excluding carboxylic acids is 1. The third kappa shape index (κ3) is 4.65. The van der Waals surface area contributed by atoms with Gasteiger partial charge in [-0.2, -0.15) is 0 Å². The molecule has 6 nitrogen and oxygen atoms in total. The van der Waals surface area contributed by atoms with Gasteiger partial charge in [-0.25, -0.2) is 4.39 Å². The number of aromatic nitrogens is 2. The lowest BCUT2D eigenvalue weighted by Crippen LogP contribution is -2.05. The predicted molar refractivity (Wildman–Crippen MR) is 97.8 cm³/mol. The summed E-state index contributed by atoms with van der Waals surface area (Å²) in [6.45, 7) is 1.67. The Labute approximate surface area is 159 Å². The lowest BCUT2D eigenvalue weighted by molar-refractivity contribution is 0.101. The summed E-state index contributed by atoms with van der Waals surface area (Å²) in [4.78, 5) is 12.4. The van der Waals surface area contributed by atoms with Gasteiger partial charge in [0.15, 0.2) is 23.5 Å². The molecular formula is C19H17FN2O4S. The van der Waals surface area contributed by atoms with Crippen LogP contribution >= 0.6 is 11.8 Å². The number of methoxy groups -OCH3 is 1.